The maximum Gasteiger partial charge on any atom is 0.323 e. The zero-order valence-electron chi connectivity index (χ0n) is 19.5. The Labute approximate surface area is 197 Å². The van der Waals surface area contributed by atoms with Gasteiger partial charge in [0.2, 0.25) is 5.91 Å². The van der Waals surface area contributed by atoms with Crippen LogP contribution in [0.5, 0.6) is 0 Å². The van der Waals surface area contributed by atoms with Crippen molar-refractivity contribution in [2.45, 2.75) is 25.9 Å². The van der Waals surface area contributed by atoms with Gasteiger partial charge in [-0.25, -0.2) is 0 Å². The number of rotatable bonds is 9. The Morgan fingerprint density at radius 1 is 0.818 bits per heavy atom. The van der Waals surface area contributed by atoms with Crippen LogP contribution < -0.4 is 26.5 Å². The third-order valence-corrected chi connectivity index (χ3v) is 8.01. The number of benzene rings is 3. The third-order valence-electron chi connectivity index (χ3n) is 5.49. The first-order valence-corrected chi connectivity index (χ1v) is 12.4. The molecule has 0 heterocycles. The lowest BCUT2D eigenvalue weighted by atomic mass is 9.99. The SMILES string of the molecule is CNC(=O)C(NC(C(=O)OC)C(C)C)c1ccccc1P(c1ccccc1)c1ccccc1. The molecule has 0 aliphatic rings. The molecule has 0 aromatic heterocycles. The van der Waals surface area contributed by atoms with Gasteiger partial charge in [-0.15, -0.1) is 0 Å². The summed E-state index contributed by atoms with van der Waals surface area (Å²) in [6, 6.07) is 27.3. The van der Waals surface area contributed by atoms with E-state index in [2.05, 4.69) is 41.0 Å². The van der Waals surface area contributed by atoms with Crippen molar-refractivity contribution in [3.63, 3.8) is 0 Å². The van der Waals surface area contributed by atoms with Crippen molar-refractivity contribution in [2.75, 3.05) is 14.2 Å². The fraction of sp³-hybridized carbons (Fsp3) is 0.259. The van der Waals surface area contributed by atoms with Gasteiger partial charge in [-0.05, 0) is 35.3 Å². The number of nitrogens with one attached hydrogen (secondary N) is 2. The van der Waals surface area contributed by atoms with Crippen molar-refractivity contribution in [1.29, 1.82) is 0 Å². The standard InChI is InChI=1S/C27H31N2O3P/c1-19(2)24(27(31)32-4)29-25(26(30)28-3)22-17-11-12-18-23(22)33(20-13-7-5-8-14-20)21-15-9-6-10-16-21/h5-19,24-25,29H,1-4H3,(H,28,30). The molecule has 0 fully saturated rings. The first kappa shape index (κ1) is 24.6. The number of hydrogen-bond donors (Lipinski definition) is 2. The topological polar surface area (TPSA) is 67.4 Å². The number of ether oxygens (including phenoxy) is 1. The molecule has 3 aromatic carbocycles. The molecule has 0 aliphatic carbocycles. The lowest BCUT2D eigenvalue weighted by Crippen LogP contribution is -2.49. The van der Waals surface area contributed by atoms with Crippen LogP contribution in [0.1, 0.15) is 25.5 Å². The van der Waals surface area contributed by atoms with E-state index in [1.54, 1.807) is 7.05 Å². The second kappa shape index (κ2) is 11.7. The molecule has 5 nitrogen and oxygen atoms in total. The molecule has 6 heteroatoms. The Hall–Kier alpha value is -3.01. The Morgan fingerprint density at radius 2 is 1.33 bits per heavy atom. The zero-order valence-corrected chi connectivity index (χ0v) is 20.4. The molecule has 3 aromatic rings. The average Bonchev–Trinajstić information content (AvgIpc) is 2.85. The monoisotopic (exact) mass is 462 g/mol. The van der Waals surface area contributed by atoms with Crippen LogP contribution in [0, 0.1) is 5.92 Å². The van der Waals surface area contributed by atoms with Crippen LogP contribution in [-0.4, -0.2) is 32.1 Å². The van der Waals surface area contributed by atoms with Crippen LogP contribution in [0.4, 0.5) is 0 Å². The molecule has 172 valence electrons. The van der Waals surface area contributed by atoms with Crippen molar-refractivity contribution < 1.29 is 14.3 Å². The summed E-state index contributed by atoms with van der Waals surface area (Å²) in [6.07, 6.45) is 0. The van der Waals surface area contributed by atoms with E-state index in [1.165, 1.54) is 17.7 Å². The number of carbonyl (C=O) groups excluding carboxylic acids is 2. The largest absolute Gasteiger partial charge is 0.468 e. The molecular formula is C27H31N2O3P. The van der Waals surface area contributed by atoms with E-state index in [0.717, 1.165) is 10.9 Å². The highest BCUT2D eigenvalue weighted by molar-refractivity contribution is 7.79. The van der Waals surface area contributed by atoms with E-state index in [1.807, 2.05) is 68.4 Å². The Morgan fingerprint density at radius 3 is 1.82 bits per heavy atom. The zero-order chi connectivity index (χ0) is 23.8. The first-order chi connectivity index (χ1) is 16.0. The predicted molar refractivity (Wildman–Crippen MR) is 136 cm³/mol. The second-order valence-electron chi connectivity index (χ2n) is 8.02. The van der Waals surface area contributed by atoms with Gasteiger partial charge in [0.1, 0.15) is 12.1 Å². The molecule has 0 bridgehead atoms. The van der Waals surface area contributed by atoms with E-state index >= 15 is 0 Å². The van der Waals surface area contributed by atoms with Crippen LogP contribution in [0.2, 0.25) is 0 Å². The molecule has 0 radical (unpaired) electrons. The maximum atomic E-state index is 13.1. The predicted octanol–water partition coefficient (Wildman–Crippen LogP) is 3.02. The van der Waals surface area contributed by atoms with E-state index < -0.39 is 20.0 Å². The second-order valence-corrected chi connectivity index (χ2v) is 10.2. The highest BCUT2D eigenvalue weighted by Gasteiger charge is 2.32. The number of amides is 1. The summed E-state index contributed by atoms with van der Waals surface area (Å²) in [5, 5.41) is 9.51. The highest BCUT2D eigenvalue weighted by Crippen LogP contribution is 2.35. The van der Waals surface area contributed by atoms with Crippen molar-refractivity contribution in [3.05, 3.63) is 90.5 Å². The van der Waals surface area contributed by atoms with Gasteiger partial charge in [0.25, 0.3) is 0 Å². The van der Waals surface area contributed by atoms with Crippen molar-refractivity contribution in [2.24, 2.45) is 5.92 Å². The van der Waals surface area contributed by atoms with Gasteiger partial charge >= 0.3 is 5.97 Å². The molecule has 2 unspecified atom stereocenters. The normalized spacial score (nSPS) is 12.9. The molecule has 0 saturated heterocycles. The Balaban J connectivity index is 2.16. The molecule has 0 spiro atoms. The number of methoxy groups -OCH3 is 1. The van der Waals surface area contributed by atoms with Gasteiger partial charge in [-0.2, -0.15) is 0 Å². The molecule has 33 heavy (non-hydrogen) atoms. The van der Waals surface area contributed by atoms with Gasteiger partial charge in [0, 0.05) is 7.05 Å². The first-order valence-electron chi connectivity index (χ1n) is 11.0. The molecular weight excluding hydrogens is 431 g/mol. The van der Waals surface area contributed by atoms with Gasteiger partial charge in [-0.3, -0.25) is 14.9 Å². The minimum Gasteiger partial charge on any atom is -0.468 e. The van der Waals surface area contributed by atoms with Crippen LogP contribution in [0.3, 0.4) is 0 Å². The van der Waals surface area contributed by atoms with E-state index in [4.69, 9.17) is 4.74 Å². The van der Waals surface area contributed by atoms with Gasteiger partial charge in [-0.1, -0.05) is 98.8 Å². The Bertz CT molecular complexity index is 1020. The fourth-order valence-electron chi connectivity index (χ4n) is 3.81. The molecule has 0 aliphatic heterocycles. The highest BCUT2D eigenvalue weighted by atomic mass is 31.1. The number of likely N-dealkylation sites (N-methyl/N-ethyl adjacent to an activating group) is 1. The summed E-state index contributed by atoms with van der Waals surface area (Å²) in [6.45, 7) is 3.87. The number of hydrogen-bond acceptors (Lipinski definition) is 4. The average molecular weight is 463 g/mol. The molecule has 0 saturated carbocycles. The summed E-state index contributed by atoms with van der Waals surface area (Å²) in [7, 11) is 2.05. The summed E-state index contributed by atoms with van der Waals surface area (Å²) in [5.41, 5.74) is 0.852. The smallest absolute Gasteiger partial charge is 0.323 e. The quantitative estimate of drug-likeness (QED) is 0.379. The van der Waals surface area contributed by atoms with Gasteiger partial charge in [0.05, 0.1) is 7.11 Å². The summed E-state index contributed by atoms with van der Waals surface area (Å²) >= 11 is 0. The number of carbonyl (C=O) groups is 2. The molecule has 1 amide bonds. The lowest BCUT2D eigenvalue weighted by Gasteiger charge is -2.29. The van der Waals surface area contributed by atoms with Crippen LogP contribution in [0.15, 0.2) is 84.9 Å². The van der Waals surface area contributed by atoms with Crippen LogP contribution in [0.25, 0.3) is 0 Å². The molecule has 2 N–H and O–H groups in total. The van der Waals surface area contributed by atoms with Crippen LogP contribution in [-0.2, 0) is 14.3 Å². The molecule has 3 rings (SSSR count). The van der Waals surface area contributed by atoms with Crippen LogP contribution >= 0.6 is 7.92 Å². The van der Waals surface area contributed by atoms with Crippen molar-refractivity contribution in [3.8, 4) is 0 Å². The lowest BCUT2D eigenvalue weighted by molar-refractivity contribution is -0.144. The minimum atomic E-state index is -0.924. The minimum absolute atomic E-state index is 0.0541. The van der Waals surface area contributed by atoms with Crippen molar-refractivity contribution >= 4 is 35.7 Å². The maximum absolute atomic E-state index is 13.1. The van der Waals surface area contributed by atoms with Gasteiger partial charge in [0.15, 0.2) is 0 Å². The van der Waals surface area contributed by atoms with E-state index in [9.17, 15) is 9.59 Å². The summed E-state index contributed by atoms with van der Waals surface area (Å²) in [5.74, 6) is -0.639. The third kappa shape index (κ3) is 5.87. The van der Waals surface area contributed by atoms with E-state index in [0.29, 0.717) is 0 Å². The Kier molecular flexibility index (Phi) is 8.76. The van der Waals surface area contributed by atoms with E-state index in [-0.39, 0.29) is 17.8 Å². The number of esters is 1. The fourth-order valence-corrected chi connectivity index (χ4v) is 6.30. The summed E-state index contributed by atoms with van der Waals surface area (Å²) in [4.78, 5) is 25.6. The van der Waals surface area contributed by atoms with Crippen molar-refractivity contribution in [1.82, 2.24) is 10.6 Å². The summed E-state index contributed by atoms with van der Waals surface area (Å²) < 4.78 is 5.01. The van der Waals surface area contributed by atoms with Gasteiger partial charge < -0.3 is 10.1 Å². The molecule has 2 atom stereocenters.